The van der Waals surface area contributed by atoms with Crippen LogP contribution in [0, 0.1) is 0 Å². The fourth-order valence-electron chi connectivity index (χ4n) is 1.53. The highest BCUT2D eigenvalue weighted by molar-refractivity contribution is 5.84. The van der Waals surface area contributed by atoms with E-state index in [2.05, 4.69) is 4.98 Å². The Hall–Kier alpha value is -1.91. The van der Waals surface area contributed by atoms with E-state index in [-0.39, 0.29) is 6.08 Å². The number of aromatic amines is 1. The molecule has 5 heteroatoms. The van der Waals surface area contributed by atoms with E-state index in [4.69, 9.17) is 4.74 Å². The Morgan fingerprint density at radius 2 is 2.00 bits per heavy atom. The average Bonchev–Trinajstić information content (AvgIpc) is 2.66. The molecule has 2 rings (SSSR count). The molecule has 0 aliphatic heterocycles. The van der Waals surface area contributed by atoms with Crippen LogP contribution < -0.4 is 4.74 Å². The van der Waals surface area contributed by atoms with E-state index < -0.39 is 6.18 Å². The number of allylic oxidation sites excluding steroid dienone is 1. The van der Waals surface area contributed by atoms with Crippen molar-refractivity contribution in [3.8, 4) is 5.75 Å². The lowest BCUT2D eigenvalue weighted by Crippen LogP contribution is -2.00. The smallest absolute Gasteiger partial charge is 0.409 e. The summed E-state index contributed by atoms with van der Waals surface area (Å²) < 4.78 is 41.0. The van der Waals surface area contributed by atoms with Crippen molar-refractivity contribution in [3.63, 3.8) is 0 Å². The highest BCUT2D eigenvalue weighted by Gasteiger charge is 2.21. The lowest BCUT2D eigenvalue weighted by molar-refractivity contribution is -0.0790. The molecular weight excluding hydrogens is 231 g/mol. The standard InChI is InChI=1S/C12H10F3NO/c1-17-10-2-3-11-8(7-10)6-9(16-11)4-5-12(13,14)15/h2-7,16H,1H3/b5-4+. The van der Waals surface area contributed by atoms with Gasteiger partial charge in [0.05, 0.1) is 7.11 Å². The van der Waals surface area contributed by atoms with Gasteiger partial charge in [-0.1, -0.05) is 0 Å². The number of hydrogen-bond acceptors (Lipinski definition) is 1. The predicted molar refractivity (Wildman–Crippen MR) is 59.9 cm³/mol. The van der Waals surface area contributed by atoms with Crippen LogP contribution in [0.2, 0.25) is 0 Å². The number of halogens is 3. The second-order valence-corrected chi connectivity index (χ2v) is 3.55. The molecule has 1 aromatic carbocycles. The number of H-pyrrole nitrogens is 1. The van der Waals surface area contributed by atoms with E-state index in [1.807, 2.05) is 0 Å². The fraction of sp³-hybridized carbons (Fsp3) is 0.167. The van der Waals surface area contributed by atoms with E-state index in [0.29, 0.717) is 11.4 Å². The maximum absolute atomic E-state index is 12.0. The van der Waals surface area contributed by atoms with Crippen LogP contribution in [0.25, 0.3) is 17.0 Å². The fourth-order valence-corrected chi connectivity index (χ4v) is 1.53. The monoisotopic (exact) mass is 241 g/mol. The maximum atomic E-state index is 12.0. The molecule has 0 unspecified atom stereocenters. The van der Waals surface area contributed by atoms with E-state index in [0.717, 1.165) is 17.0 Å². The van der Waals surface area contributed by atoms with Crippen molar-refractivity contribution in [3.05, 3.63) is 36.0 Å². The Balaban J connectivity index is 2.35. The first-order valence-corrected chi connectivity index (χ1v) is 4.91. The van der Waals surface area contributed by atoms with Crippen LogP contribution >= 0.6 is 0 Å². The molecule has 1 heterocycles. The number of ether oxygens (including phenoxy) is 1. The van der Waals surface area contributed by atoms with Crippen molar-refractivity contribution in [2.24, 2.45) is 0 Å². The van der Waals surface area contributed by atoms with E-state index in [1.165, 1.54) is 7.11 Å². The third-order valence-corrected chi connectivity index (χ3v) is 2.30. The summed E-state index contributed by atoms with van der Waals surface area (Å²) in [4.78, 5) is 2.88. The molecule has 2 nitrogen and oxygen atoms in total. The van der Waals surface area contributed by atoms with E-state index in [1.54, 1.807) is 24.3 Å². The van der Waals surface area contributed by atoms with Crippen LogP contribution in [0.15, 0.2) is 30.3 Å². The summed E-state index contributed by atoms with van der Waals surface area (Å²) >= 11 is 0. The van der Waals surface area contributed by atoms with Crippen molar-refractivity contribution < 1.29 is 17.9 Å². The number of rotatable bonds is 2. The van der Waals surface area contributed by atoms with Gasteiger partial charge in [-0.25, -0.2) is 0 Å². The van der Waals surface area contributed by atoms with Gasteiger partial charge in [0.15, 0.2) is 0 Å². The highest BCUT2D eigenvalue weighted by Crippen LogP contribution is 2.23. The second kappa shape index (κ2) is 4.16. The van der Waals surface area contributed by atoms with Crippen LogP contribution in [0.5, 0.6) is 5.75 Å². The Kier molecular flexibility index (Phi) is 2.83. The van der Waals surface area contributed by atoms with Crippen LogP contribution in [-0.4, -0.2) is 18.3 Å². The van der Waals surface area contributed by atoms with Crippen molar-refractivity contribution in [2.75, 3.05) is 7.11 Å². The predicted octanol–water partition coefficient (Wildman–Crippen LogP) is 3.75. The van der Waals surface area contributed by atoms with Crippen molar-refractivity contribution >= 4 is 17.0 Å². The molecule has 0 amide bonds. The molecule has 0 saturated carbocycles. The normalized spacial score (nSPS) is 12.5. The maximum Gasteiger partial charge on any atom is 0.409 e. The first kappa shape index (κ1) is 11.6. The van der Waals surface area contributed by atoms with Gasteiger partial charge in [-0.3, -0.25) is 0 Å². The third-order valence-electron chi connectivity index (χ3n) is 2.30. The molecule has 0 saturated heterocycles. The zero-order valence-corrected chi connectivity index (χ0v) is 9.01. The van der Waals surface area contributed by atoms with Crippen LogP contribution in [-0.2, 0) is 0 Å². The average molecular weight is 241 g/mol. The summed E-state index contributed by atoms with van der Waals surface area (Å²) in [7, 11) is 1.54. The number of benzene rings is 1. The number of aromatic nitrogens is 1. The number of fused-ring (bicyclic) bond motifs is 1. The first-order chi connectivity index (χ1) is 7.98. The molecule has 0 bridgehead atoms. The largest absolute Gasteiger partial charge is 0.497 e. The van der Waals surface area contributed by atoms with Crippen LogP contribution in [0.4, 0.5) is 13.2 Å². The van der Waals surface area contributed by atoms with Gasteiger partial charge in [-0.2, -0.15) is 13.2 Å². The number of hydrogen-bond donors (Lipinski definition) is 1. The molecule has 1 N–H and O–H groups in total. The summed E-state index contributed by atoms with van der Waals surface area (Å²) in [5, 5.41) is 0.811. The zero-order valence-electron chi connectivity index (χ0n) is 9.01. The summed E-state index contributed by atoms with van der Waals surface area (Å²) in [6.07, 6.45) is -3.09. The Morgan fingerprint density at radius 1 is 1.24 bits per heavy atom. The molecule has 17 heavy (non-hydrogen) atoms. The minimum atomic E-state index is -4.30. The van der Waals surface area contributed by atoms with Crippen molar-refractivity contribution in [1.82, 2.24) is 4.98 Å². The summed E-state index contributed by atoms with van der Waals surface area (Å²) in [6.45, 7) is 0. The van der Waals surface area contributed by atoms with Gasteiger partial charge in [-0.15, -0.1) is 0 Å². The van der Waals surface area contributed by atoms with E-state index in [9.17, 15) is 13.2 Å². The molecule has 0 aliphatic carbocycles. The Bertz CT molecular complexity index is 554. The minimum absolute atomic E-state index is 0.203. The molecule has 0 radical (unpaired) electrons. The van der Waals surface area contributed by atoms with Gasteiger partial charge < -0.3 is 9.72 Å². The molecule has 0 aliphatic rings. The van der Waals surface area contributed by atoms with Gasteiger partial charge in [0, 0.05) is 22.7 Å². The third kappa shape index (κ3) is 2.81. The van der Waals surface area contributed by atoms with Crippen molar-refractivity contribution in [1.29, 1.82) is 0 Å². The van der Waals surface area contributed by atoms with Crippen molar-refractivity contribution in [2.45, 2.75) is 6.18 Å². The number of methoxy groups -OCH3 is 1. The Morgan fingerprint density at radius 3 is 2.65 bits per heavy atom. The lowest BCUT2D eigenvalue weighted by atomic mass is 10.2. The van der Waals surface area contributed by atoms with Gasteiger partial charge in [0.25, 0.3) is 0 Å². The first-order valence-electron chi connectivity index (χ1n) is 4.91. The summed E-state index contributed by atoms with van der Waals surface area (Å²) in [5.41, 5.74) is 1.18. The molecule has 1 aromatic heterocycles. The molecule has 2 aromatic rings. The van der Waals surface area contributed by atoms with Gasteiger partial charge >= 0.3 is 6.18 Å². The topological polar surface area (TPSA) is 25.0 Å². The van der Waals surface area contributed by atoms with Crippen LogP contribution in [0.1, 0.15) is 5.69 Å². The zero-order chi connectivity index (χ0) is 12.5. The quantitative estimate of drug-likeness (QED) is 0.850. The highest BCUT2D eigenvalue weighted by atomic mass is 19.4. The lowest BCUT2D eigenvalue weighted by Gasteiger charge is -1.97. The van der Waals surface area contributed by atoms with Gasteiger partial charge in [0.2, 0.25) is 0 Å². The van der Waals surface area contributed by atoms with Crippen LogP contribution in [0.3, 0.4) is 0 Å². The van der Waals surface area contributed by atoms with Gasteiger partial charge in [-0.05, 0) is 30.3 Å². The van der Waals surface area contributed by atoms with E-state index >= 15 is 0 Å². The number of nitrogens with one attached hydrogen (secondary N) is 1. The molecule has 0 atom stereocenters. The van der Waals surface area contributed by atoms with Gasteiger partial charge in [0.1, 0.15) is 5.75 Å². The Labute approximate surface area is 95.7 Å². The number of alkyl halides is 3. The molecule has 0 spiro atoms. The summed E-state index contributed by atoms with van der Waals surface area (Å²) in [5.74, 6) is 0.669. The SMILES string of the molecule is COc1ccc2[nH]c(/C=C/C(F)(F)F)cc2c1. The summed E-state index contributed by atoms with van der Waals surface area (Å²) in [6, 6.07) is 6.91. The minimum Gasteiger partial charge on any atom is -0.497 e. The molecular formula is C12H10F3NO. The second-order valence-electron chi connectivity index (χ2n) is 3.55. The molecule has 0 fully saturated rings. The molecule has 90 valence electrons.